The molecule has 0 bridgehead atoms. The summed E-state index contributed by atoms with van der Waals surface area (Å²) in [5.41, 5.74) is 0. The van der Waals surface area contributed by atoms with E-state index in [4.69, 9.17) is 4.74 Å². The van der Waals surface area contributed by atoms with E-state index in [1.165, 1.54) is 19.4 Å². The van der Waals surface area contributed by atoms with Crippen LogP contribution in [0.1, 0.15) is 39.5 Å². The molecule has 116 valence electrons. The summed E-state index contributed by atoms with van der Waals surface area (Å²) < 4.78 is 5.83. The number of ether oxygens (including phenoxy) is 1. The predicted molar refractivity (Wildman–Crippen MR) is 79.7 cm³/mol. The molecule has 20 heavy (non-hydrogen) atoms. The Bertz CT molecular complexity index is 309. The molecule has 2 heterocycles. The van der Waals surface area contributed by atoms with Crippen LogP contribution >= 0.6 is 0 Å². The van der Waals surface area contributed by atoms with E-state index in [0.29, 0.717) is 25.0 Å². The molecule has 2 fully saturated rings. The van der Waals surface area contributed by atoms with Crippen LogP contribution in [0.4, 0.5) is 0 Å². The van der Waals surface area contributed by atoms with Crippen LogP contribution in [-0.2, 0) is 9.53 Å². The number of carbonyl (C=O) groups excluding carboxylic acids is 1. The third-order valence-corrected chi connectivity index (χ3v) is 4.12. The second-order valence-corrected chi connectivity index (χ2v) is 6.26. The van der Waals surface area contributed by atoms with E-state index in [0.717, 1.165) is 26.1 Å². The Labute approximate surface area is 122 Å². The van der Waals surface area contributed by atoms with Gasteiger partial charge in [-0.1, -0.05) is 13.8 Å². The summed E-state index contributed by atoms with van der Waals surface area (Å²) in [6.07, 6.45) is 4.21. The molecule has 2 saturated heterocycles. The number of hydrogen-bond donors (Lipinski definition) is 2. The van der Waals surface area contributed by atoms with Gasteiger partial charge in [0.25, 0.3) is 0 Å². The predicted octanol–water partition coefficient (Wildman–Crippen LogP) is 0.744. The second-order valence-electron chi connectivity index (χ2n) is 6.26. The standard InChI is InChI=1S/C15H29N3O2/c1-12(2)16-7-3-6-15(19)17-9-14-10-18-8-4-5-13(18)11-20-14/h12-14,16H,3-11H2,1-2H3,(H,17,19). The monoisotopic (exact) mass is 283 g/mol. The summed E-state index contributed by atoms with van der Waals surface area (Å²) >= 11 is 0. The van der Waals surface area contributed by atoms with Crippen LogP contribution in [0.5, 0.6) is 0 Å². The Morgan fingerprint density at radius 3 is 3.10 bits per heavy atom. The van der Waals surface area contributed by atoms with Crippen molar-refractivity contribution in [1.82, 2.24) is 15.5 Å². The van der Waals surface area contributed by atoms with Gasteiger partial charge in [0.05, 0.1) is 12.7 Å². The lowest BCUT2D eigenvalue weighted by Crippen LogP contribution is -2.50. The number of hydrogen-bond acceptors (Lipinski definition) is 4. The molecule has 2 unspecified atom stereocenters. The minimum atomic E-state index is 0.141. The van der Waals surface area contributed by atoms with Gasteiger partial charge in [-0.25, -0.2) is 0 Å². The number of morpholine rings is 1. The zero-order valence-electron chi connectivity index (χ0n) is 12.9. The van der Waals surface area contributed by atoms with Crippen molar-refractivity contribution in [1.29, 1.82) is 0 Å². The maximum atomic E-state index is 11.8. The molecule has 2 atom stereocenters. The van der Waals surface area contributed by atoms with E-state index in [1.54, 1.807) is 0 Å². The van der Waals surface area contributed by atoms with Crippen molar-refractivity contribution < 1.29 is 9.53 Å². The molecule has 0 aromatic heterocycles. The van der Waals surface area contributed by atoms with E-state index < -0.39 is 0 Å². The van der Waals surface area contributed by atoms with Crippen molar-refractivity contribution in [3.63, 3.8) is 0 Å². The smallest absolute Gasteiger partial charge is 0.220 e. The zero-order chi connectivity index (χ0) is 14.4. The Morgan fingerprint density at radius 2 is 2.30 bits per heavy atom. The van der Waals surface area contributed by atoms with Gasteiger partial charge in [0.2, 0.25) is 5.91 Å². The van der Waals surface area contributed by atoms with Crippen LogP contribution < -0.4 is 10.6 Å². The molecule has 5 nitrogen and oxygen atoms in total. The Kier molecular flexibility index (Phi) is 6.26. The summed E-state index contributed by atoms with van der Waals surface area (Å²) in [7, 11) is 0. The normalized spacial score (nSPS) is 26.8. The second kappa shape index (κ2) is 7.96. The molecule has 2 aliphatic rings. The number of nitrogens with one attached hydrogen (secondary N) is 2. The molecule has 0 radical (unpaired) electrons. The highest BCUT2D eigenvalue weighted by Gasteiger charge is 2.32. The molecule has 0 aliphatic carbocycles. The van der Waals surface area contributed by atoms with Crippen LogP contribution in [0.2, 0.25) is 0 Å². The first kappa shape index (κ1) is 15.7. The van der Waals surface area contributed by atoms with Crippen molar-refractivity contribution in [2.45, 2.75) is 57.7 Å². The van der Waals surface area contributed by atoms with E-state index in [1.807, 2.05) is 0 Å². The number of nitrogens with zero attached hydrogens (tertiary/aromatic N) is 1. The first-order chi connectivity index (χ1) is 9.65. The van der Waals surface area contributed by atoms with Crippen LogP contribution in [0.15, 0.2) is 0 Å². The van der Waals surface area contributed by atoms with Gasteiger partial charge in [0.1, 0.15) is 0 Å². The quantitative estimate of drug-likeness (QED) is 0.677. The molecule has 0 spiro atoms. The fraction of sp³-hybridized carbons (Fsp3) is 0.933. The molecule has 0 aromatic carbocycles. The first-order valence-electron chi connectivity index (χ1n) is 8.01. The van der Waals surface area contributed by atoms with E-state index in [-0.39, 0.29) is 12.0 Å². The van der Waals surface area contributed by atoms with Gasteiger partial charge >= 0.3 is 0 Å². The van der Waals surface area contributed by atoms with Gasteiger partial charge in [-0.2, -0.15) is 0 Å². The highest BCUT2D eigenvalue weighted by atomic mass is 16.5. The first-order valence-corrected chi connectivity index (χ1v) is 8.01. The molecule has 5 heteroatoms. The summed E-state index contributed by atoms with van der Waals surface area (Å²) in [6, 6.07) is 1.12. The van der Waals surface area contributed by atoms with Crippen LogP contribution in [0.25, 0.3) is 0 Å². The maximum absolute atomic E-state index is 11.8. The molecule has 2 N–H and O–H groups in total. The van der Waals surface area contributed by atoms with Crippen molar-refractivity contribution in [2.24, 2.45) is 0 Å². The van der Waals surface area contributed by atoms with Gasteiger partial charge < -0.3 is 15.4 Å². The molecule has 1 amide bonds. The summed E-state index contributed by atoms with van der Waals surface area (Å²) in [5, 5.41) is 6.32. The van der Waals surface area contributed by atoms with Crippen molar-refractivity contribution in [2.75, 3.05) is 32.8 Å². The van der Waals surface area contributed by atoms with Crippen LogP contribution in [0.3, 0.4) is 0 Å². The van der Waals surface area contributed by atoms with Crippen molar-refractivity contribution in [3.05, 3.63) is 0 Å². The number of amides is 1. The maximum Gasteiger partial charge on any atom is 0.220 e. The van der Waals surface area contributed by atoms with E-state index >= 15 is 0 Å². The Morgan fingerprint density at radius 1 is 1.45 bits per heavy atom. The van der Waals surface area contributed by atoms with Crippen LogP contribution in [-0.4, -0.2) is 61.8 Å². The van der Waals surface area contributed by atoms with Gasteiger partial charge in [-0.05, 0) is 32.4 Å². The number of fused-ring (bicyclic) bond motifs is 1. The summed E-state index contributed by atoms with van der Waals surface area (Å²) in [5.74, 6) is 0.141. The lowest BCUT2D eigenvalue weighted by molar-refractivity contribution is -0.122. The minimum Gasteiger partial charge on any atom is -0.373 e. The Balaban J connectivity index is 1.54. The fourth-order valence-electron chi connectivity index (χ4n) is 2.96. The van der Waals surface area contributed by atoms with Gasteiger partial charge in [-0.3, -0.25) is 9.69 Å². The lowest BCUT2D eigenvalue weighted by atomic mass is 10.2. The SMILES string of the molecule is CC(C)NCCCC(=O)NCC1CN2CCCC2CO1. The zero-order valence-corrected chi connectivity index (χ0v) is 12.9. The molecular weight excluding hydrogens is 254 g/mol. The lowest BCUT2D eigenvalue weighted by Gasteiger charge is -2.35. The van der Waals surface area contributed by atoms with Gasteiger partial charge in [0.15, 0.2) is 0 Å². The molecule has 0 saturated carbocycles. The van der Waals surface area contributed by atoms with E-state index in [9.17, 15) is 4.79 Å². The molecular formula is C15H29N3O2. The molecule has 0 aromatic rings. The largest absolute Gasteiger partial charge is 0.373 e. The van der Waals surface area contributed by atoms with Crippen molar-refractivity contribution in [3.8, 4) is 0 Å². The van der Waals surface area contributed by atoms with E-state index in [2.05, 4.69) is 29.4 Å². The van der Waals surface area contributed by atoms with Crippen molar-refractivity contribution >= 4 is 5.91 Å². The number of carbonyl (C=O) groups is 1. The minimum absolute atomic E-state index is 0.141. The topological polar surface area (TPSA) is 53.6 Å². The van der Waals surface area contributed by atoms with Gasteiger partial charge in [-0.15, -0.1) is 0 Å². The summed E-state index contributed by atoms with van der Waals surface area (Å²) in [6.45, 7) is 8.79. The third kappa shape index (κ3) is 5.04. The average molecular weight is 283 g/mol. The third-order valence-electron chi connectivity index (χ3n) is 4.12. The number of rotatable bonds is 7. The highest BCUT2D eigenvalue weighted by molar-refractivity contribution is 5.75. The Hall–Kier alpha value is -0.650. The van der Waals surface area contributed by atoms with Crippen LogP contribution in [0, 0.1) is 0 Å². The molecule has 2 rings (SSSR count). The average Bonchev–Trinajstić information content (AvgIpc) is 2.88. The molecule has 2 aliphatic heterocycles. The fourth-order valence-corrected chi connectivity index (χ4v) is 2.96. The van der Waals surface area contributed by atoms with Gasteiger partial charge in [0, 0.05) is 31.6 Å². The summed E-state index contributed by atoms with van der Waals surface area (Å²) in [4.78, 5) is 14.3. The highest BCUT2D eigenvalue weighted by Crippen LogP contribution is 2.22.